The van der Waals surface area contributed by atoms with E-state index in [4.69, 9.17) is 9.26 Å². The number of nitrogens with one attached hydrogen (secondary N) is 2. The third-order valence-electron chi connectivity index (χ3n) is 4.39. The molecule has 2 aromatic carbocycles. The second-order valence-corrected chi connectivity index (χ2v) is 7.97. The number of benzene rings is 2. The first-order valence-corrected chi connectivity index (χ1v) is 9.58. The Morgan fingerprint density at radius 2 is 1.67 bits per heavy atom. The fraction of sp³-hybridized carbons (Fsp3) is 0.261. The van der Waals surface area contributed by atoms with E-state index in [-0.39, 0.29) is 23.8 Å². The minimum absolute atomic E-state index is 0.0374. The van der Waals surface area contributed by atoms with Gasteiger partial charge in [-0.25, -0.2) is 0 Å². The predicted molar refractivity (Wildman–Crippen MR) is 115 cm³/mol. The first-order chi connectivity index (χ1) is 14.2. The van der Waals surface area contributed by atoms with Gasteiger partial charge in [0.15, 0.2) is 12.4 Å². The Bertz CT molecular complexity index is 1020. The molecule has 0 unspecified atom stereocenters. The second-order valence-electron chi connectivity index (χ2n) is 7.97. The van der Waals surface area contributed by atoms with Gasteiger partial charge in [-0.1, -0.05) is 38.1 Å². The van der Waals surface area contributed by atoms with Crippen molar-refractivity contribution in [3.8, 4) is 5.75 Å². The normalized spacial score (nSPS) is 11.1. The Morgan fingerprint density at radius 1 is 1.00 bits per heavy atom. The molecule has 30 heavy (non-hydrogen) atoms. The van der Waals surface area contributed by atoms with Crippen LogP contribution in [0.25, 0.3) is 0 Å². The Kier molecular flexibility index (Phi) is 6.20. The second kappa shape index (κ2) is 8.82. The molecule has 2 N–H and O–H groups in total. The van der Waals surface area contributed by atoms with E-state index in [1.165, 1.54) is 5.56 Å². The molecule has 0 saturated carbocycles. The molecule has 0 spiro atoms. The summed E-state index contributed by atoms with van der Waals surface area (Å²) in [7, 11) is 0. The molecule has 7 nitrogen and oxygen atoms in total. The quantitative estimate of drug-likeness (QED) is 0.625. The number of rotatable bonds is 6. The number of carbonyl (C=O) groups is 2. The fourth-order valence-electron chi connectivity index (χ4n) is 2.71. The van der Waals surface area contributed by atoms with Gasteiger partial charge in [-0.3, -0.25) is 9.59 Å². The van der Waals surface area contributed by atoms with Crippen LogP contribution in [0.4, 0.5) is 11.5 Å². The summed E-state index contributed by atoms with van der Waals surface area (Å²) in [4.78, 5) is 24.3. The van der Waals surface area contributed by atoms with Crippen LogP contribution in [-0.2, 0) is 10.2 Å². The van der Waals surface area contributed by atoms with E-state index in [1.807, 2.05) is 24.3 Å². The first kappa shape index (κ1) is 21.1. The van der Waals surface area contributed by atoms with Crippen molar-refractivity contribution in [2.24, 2.45) is 0 Å². The highest BCUT2D eigenvalue weighted by Gasteiger charge is 2.14. The number of aryl methyl sites for hydroxylation is 1. The number of ether oxygens (including phenoxy) is 1. The van der Waals surface area contributed by atoms with Crippen LogP contribution in [-0.4, -0.2) is 23.6 Å². The topological polar surface area (TPSA) is 93.5 Å². The molecule has 156 valence electrons. The summed E-state index contributed by atoms with van der Waals surface area (Å²) in [6, 6.07) is 16.0. The SMILES string of the molecule is Cc1cc(NC(=O)COc2ccc(NC(=O)c3ccc(C(C)(C)C)cc3)cc2)no1. The minimum atomic E-state index is -0.348. The Hall–Kier alpha value is -3.61. The van der Waals surface area contributed by atoms with Crippen LogP contribution in [0.15, 0.2) is 59.1 Å². The number of aromatic nitrogens is 1. The van der Waals surface area contributed by atoms with Crippen molar-refractivity contribution < 1.29 is 18.8 Å². The summed E-state index contributed by atoms with van der Waals surface area (Å²) >= 11 is 0. The van der Waals surface area contributed by atoms with Crippen molar-refractivity contribution >= 4 is 23.3 Å². The molecule has 1 aromatic heterocycles. The zero-order valence-electron chi connectivity index (χ0n) is 17.5. The highest BCUT2D eigenvalue weighted by atomic mass is 16.5. The van der Waals surface area contributed by atoms with Crippen molar-refractivity contribution in [2.45, 2.75) is 33.1 Å². The van der Waals surface area contributed by atoms with E-state index in [0.29, 0.717) is 28.6 Å². The molecule has 0 radical (unpaired) electrons. The third-order valence-corrected chi connectivity index (χ3v) is 4.39. The van der Waals surface area contributed by atoms with Gasteiger partial charge in [0.2, 0.25) is 0 Å². The molecular weight excluding hydrogens is 382 g/mol. The van der Waals surface area contributed by atoms with Gasteiger partial charge in [0.25, 0.3) is 11.8 Å². The monoisotopic (exact) mass is 407 g/mol. The Balaban J connectivity index is 1.51. The van der Waals surface area contributed by atoms with Gasteiger partial charge < -0.3 is 19.9 Å². The minimum Gasteiger partial charge on any atom is -0.484 e. The summed E-state index contributed by atoms with van der Waals surface area (Å²) in [6.07, 6.45) is 0. The maximum absolute atomic E-state index is 12.4. The van der Waals surface area contributed by atoms with Crippen LogP contribution in [0, 0.1) is 6.92 Å². The zero-order chi connectivity index (χ0) is 21.7. The number of hydrogen-bond acceptors (Lipinski definition) is 5. The summed E-state index contributed by atoms with van der Waals surface area (Å²) in [6.45, 7) is 7.96. The molecule has 0 saturated heterocycles. The average molecular weight is 407 g/mol. The standard InChI is InChI=1S/C23H25N3O4/c1-15-13-20(26-30-15)25-21(27)14-29-19-11-9-18(10-12-19)24-22(28)16-5-7-17(8-6-16)23(2,3)4/h5-13H,14H2,1-4H3,(H,24,28)(H,25,26,27). The summed E-state index contributed by atoms with van der Waals surface area (Å²) in [5.41, 5.74) is 2.43. The van der Waals surface area contributed by atoms with Gasteiger partial charge in [0.1, 0.15) is 11.5 Å². The van der Waals surface area contributed by atoms with Crippen LogP contribution < -0.4 is 15.4 Å². The summed E-state index contributed by atoms with van der Waals surface area (Å²) in [5, 5.41) is 9.12. The van der Waals surface area contributed by atoms with E-state index >= 15 is 0 Å². The maximum Gasteiger partial charge on any atom is 0.263 e. The van der Waals surface area contributed by atoms with E-state index < -0.39 is 0 Å². The number of carbonyl (C=O) groups excluding carboxylic acids is 2. The lowest BCUT2D eigenvalue weighted by Crippen LogP contribution is -2.20. The zero-order valence-corrected chi connectivity index (χ0v) is 17.5. The van der Waals surface area contributed by atoms with Gasteiger partial charge in [-0.15, -0.1) is 0 Å². The third kappa shape index (κ3) is 5.70. The molecule has 1 heterocycles. The lowest BCUT2D eigenvalue weighted by atomic mass is 9.87. The van der Waals surface area contributed by atoms with Gasteiger partial charge in [0.05, 0.1) is 0 Å². The summed E-state index contributed by atoms with van der Waals surface area (Å²) in [5.74, 6) is 0.920. The van der Waals surface area contributed by atoms with Crippen LogP contribution in [0.3, 0.4) is 0 Å². The van der Waals surface area contributed by atoms with Crippen LogP contribution in [0.2, 0.25) is 0 Å². The van der Waals surface area contributed by atoms with Gasteiger partial charge in [0, 0.05) is 17.3 Å². The average Bonchev–Trinajstić information content (AvgIpc) is 3.11. The number of nitrogens with zero attached hydrogens (tertiary/aromatic N) is 1. The highest BCUT2D eigenvalue weighted by molar-refractivity contribution is 6.04. The van der Waals surface area contributed by atoms with Crippen molar-refractivity contribution in [3.05, 3.63) is 71.5 Å². The first-order valence-electron chi connectivity index (χ1n) is 9.58. The van der Waals surface area contributed by atoms with Crippen molar-refractivity contribution in [3.63, 3.8) is 0 Å². The molecule has 7 heteroatoms. The smallest absolute Gasteiger partial charge is 0.263 e. The molecule has 0 aliphatic heterocycles. The number of anilines is 2. The largest absolute Gasteiger partial charge is 0.484 e. The van der Waals surface area contributed by atoms with Crippen LogP contribution in [0.5, 0.6) is 5.75 Å². The van der Waals surface area contributed by atoms with Gasteiger partial charge >= 0.3 is 0 Å². The maximum atomic E-state index is 12.4. The number of hydrogen-bond donors (Lipinski definition) is 2. The molecule has 3 aromatic rings. The Morgan fingerprint density at radius 3 is 2.23 bits per heavy atom. The highest BCUT2D eigenvalue weighted by Crippen LogP contribution is 2.23. The lowest BCUT2D eigenvalue weighted by Gasteiger charge is -2.19. The molecule has 0 bridgehead atoms. The molecular formula is C23H25N3O4. The van der Waals surface area contributed by atoms with Crippen LogP contribution >= 0.6 is 0 Å². The van der Waals surface area contributed by atoms with Crippen molar-refractivity contribution in [1.82, 2.24) is 5.16 Å². The molecule has 0 fully saturated rings. The molecule has 0 atom stereocenters. The van der Waals surface area contributed by atoms with E-state index in [2.05, 4.69) is 36.6 Å². The Labute approximate surface area is 175 Å². The van der Waals surface area contributed by atoms with Crippen LogP contribution in [0.1, 0.15) is 42.5 Å². The molecule has 2 amide bonds. The van der Waals surface area contributed by atoms with Crippen molar-refractivity contribution in [2.75, 3.05) is 17.2 Å². The molecule has 0 aliphatic carbocycles. The predicted octanol–water partition coefficient (Wildman–Crippen LogP) is 4.55. The molecule has 0 aliphatic rings. The van der Waals surface area contributed by atoms with Gasteiger partial charge in [-0.05, 0) is 54.3 Å². The number of amides is 2. The summed E-state index contributed by atoms with van der Waals surface area (Å²) < 4.78 is 10.3. The van der Waals surface area contributed by atoms with E-state index in [0.717, 1.165) is 0 Å². The van der Waals surface area contributed by atoms with Crippen molar-refractivity contribution in [1.29, 1.82) is 0 Å². The van der Waals surface area contributed by atoms with E-state index in [9.17, 15) is 9.59 Å². The van der Waals surface area contributed by atoms with E-state index in [1.54, 1.807) is 37.3 Å². The van der Waals surface area contributed by atoms with Gasteiger partial charge in [-0.2, -0.15) is 0 Å². The lowest BCUT2D eigenvalue weighted by molar-refractivity contribution is -0.118. The molecule has 3 rings (SSSR count). The fourth-order valence-corrected chi connectivity index (χ4v) is 2.71.